The number of nitrogens with one attached hydrogen (secondary N) is 3. The lowest BCUT2D eigenvalue weighted by atomic mass is 10.2. The summed E-state index contributed by atoms with van der Waals surface area (Å²) >= 11 is 5.98. The first-order valence-corrected chi connectivity index (χ1v) is 6.87. The fourth-order valence-electron chi connectivity index (χ4n) is 1.56. The third kappa shape index (κ3) is 5.48. The molecule has 0 aliphatic carbocycles. The van der Waals surface area contributed by atoms with Crippen molar-refractivity contribution in [2.24, 2.45) is 0 Å². The number of urea groups is 1. The second-order valence-corrected chi connectivity index (χ2v) is 5.17. The highest BCUT2D eigenvalue weighted by Gasteiger charge is 2.07. The molecule has 0 unspecified atom stereocenters. The third-order valence-electron chi connectivity index (χ3n) is 2.60. The predicted octanol–water partition coefficient (Wildman–Crippen LogP) is 2.68. The molecule has 0 saturated heterocycles. The molecule has 0 heterocycles. The first-order chi connectivity index (χ1) is 9.40. The maximum Gasteiger partial charge on any atom is 0.315 e. The van der Waals surface area contributed by atoms with Crippen LogP contribution >= 0.6 is 11.6 Å². The number of rotatable bonds is 5. The smallest absolute Gasteiger partial charge is 0.315 e. The van der Waals surface area contributed by atoms with Crippen molar-refractivity contribution in [3.05, 3.63) is 28.8 Å². The SMILES string of the molecule is Cc1c(Cl)cccc1NC(=O)CCNC(=O)NC(C)C. The van der Waals surface area contributed by atoms with Crippen LogP contribution in [0, 0.1) is 6.92 Å². The average Bonchev–Trinajstić information content (AvgIpc) is 2.34. The Hall–Kier alpha value is -1.75. The van der Waals surface area contributed by atoms with Gasteiger partial charge in [0.2, 0.25) is 5.91 Å². The van der Waals surface area contributed by atoms with Crippen molar-refractivity contribution in [1.29, 1.82) is 0 Å². The van der Waals surface area contributed by atoms with E-state index in [-0.39, 0.29) is 30.9 Å². The Morgan fingerprint density at radius 3 is 2.65 bits per heavy atom. The van der Waals surface area contributed by atoms with Gasteiger partial charge in [0.1, 0.15) is 0 Å². The normalized spacial score (nSPS) is 10.2. The monoisotopic (exact) mass is 297 g/mol. The van der Waals surface area contributed by atoms with E-state index in [9.17, 15) is 9.59 Å². The molecule has 110 valence electrons. The molecule has 1 aromatic carbocycles. The summed E-state index contributed by atoms with van der Waals surface area (Å²) < 4.78 is 0. The maximum atomic E-state index is 11.8. The Morgan fingerprint density at radius 1 is 1.30 bits per heavy atom. The van der Waals surface area contributed by atoms with Gasteiger partial charge in [0.15, 0.2) is 0 Å². The number of carbonyl (C=O) groups is 2. The molecule has 0 spiro atoms. The van der Waals surface area contributed by atoms with Gasteiger partial charge in [0.25, 0.3) is 0 Å². The lowest BCUT2D eigenvalue weighted by Gasteiger charge is -2.11. The van der Waals surface area contributed by atoms with Crippen LogP contribution in [0.2, 0.25) is 5.02 Å². The largest absolute Gasteiger partial charge is 0.338 e. The topological polar surface area (TPSA) is 70.2 Å². The lowest BCUT2D eigenvalue weighted by molar-refractivity contribution is -0.116. The van der Waals surface area contributed by atoms with E-state index >= 15 is 0 Å². The average molecular weight is 298 g/mol. The third-order valence-corrected chi connectivity index (χ3v) is 3.01. The van der Waals surface area contributed by atoms with Crippen LogP contribution in [0.4, 0.5) is 10.5 Å². The first kappa shape index (κ1) is 16.3. The molecule has 1 rings (SSSR count). The molecule has 0 aromatic heterocycles. The molecule has 3 N–H and O–H groups in total. The molecule has 0 atom stereocenters. The van der Waals surface area contributed by atoms with Crippen molar-refractivity contribution in [3.8, 4) is 0 Å². The van der Waals surface area contributed by atoms with Crippen LogP contribution in [0.15, 0.2) is 18.2 Å². The van der Waals surface area contributed by atoms with Crippen molar-refractivity contribution >= 4 is 29.2 Å². The highest BCUT2D eigenvalue weighted by Crippen LogP contribution is 2.22. The van der Waals surface area contributed by atoms with Crippen LogP contribution in [0.5, 0.6) is 0 Å². The van der Waals surface area contributed by atoms with Crippen molar-refractivity contribution < 1.29 is 9.59 Å². The minimum Gasteiger partial charge on any atom is -0.338 e. The molecule has 3 amide bonds. The standard InChI is InChI=1S/C14H20ClN3O2/c1-9(2)17-14(20)16-8-7-13(19)18-12-6-4-5-11(15)10(12)3/h4-6,9H,7-8H2,1-3H3,(H,18,19)(H2,16,17,20). The molecule has 6 heteroatoms. The van der Waals surface area contributed by atoms with Crippen molar-refractivity contribution in [2.45, 2.75) is 33.2 Å². The Balaban J connectivity index is 2.37. The van der Waals surface area contributed by atoms with Crippen LogP contribution in [-0.4, -0.2) is 24.5 Å². The molecular formula is C14H20ClN3O2. The van der Waals surface area contributed by atoms with Gasteiger partial charge in [-0.25, -0.2) is 4.79 Å². The predicted molar refractivity (Wildman–Crippen MR) is 81.1 cm³/mol. The number of carbonyl (C=O) groups excluding carboxylic acids is 2. The van der Waals surface area contributed by atoms with E-state index in [0.717, 1.165) is 5.56 Å². The summed E-state index contributed by atoms with van der Waals surface area (Å²) in [5.41, 5.74) is 1.52. The second kappa shape index (κ2) is 7.75. The van der Waals surface area contributed by atoms with Gasteiger partial charge in [-0.1, -0.05) is 17.7 Å². The van der Waals surface area contributed by atoms with Gasteiger partial charge in [-0.3, -0.25) is 4.79 Å². The summed E-state index contributed by atoms with van der Waals surface area (Å²) in [7, 11) is 0. The minimum absolute atomic E-state index is 0.0675. The lowest BCUT2D eigenvalue weighted by Crippen LogP contribution is -2.40. The Morgan fingerprint density at radius 2 is 2.00 bits per heavy atom. The number of hydrogen-bond acceptors (Lipinski definition) is 2. The molecule has 0 aliphatic rings. The van der Waals surface area contributed by atoms with Gasteiger partial charge < -0.3 is 16.0 Å². The summed E-state index contributed by atoms with van der Waals surface area (Å²) in [4.78, 5) is 23.1. The van der Waals surface area contributed by atoms with Crippen LogP contribution < -0.4 is 16.0 Å². The second-order valence-electron chi connectivity index (χ2n) is 4.77. The molecule has 0 bridgehead atoms. The zero-order valence-corrected chi connectivity index (χ0v) is 12.7. The van der Waals surface area contributed by atoms with Crippen molar-refractivity contribution in [3.63, 3.8) is 0 Å². The quantitative estimate of drug-likeness (QED) is 0.782. The van der Waals surface area contributed by atoms with E-state index in [0.29, 0.717) is 10.7 Å². The highest BCUT2D eigenvalue weighted by atomic mass is 35.5. The van der Waals surface area contributed by atoms with Crippen LogP contribution in [0.3, 0.4) is 0 Å². The highest BCUT2D eigenvalue weighted by molar-refractivity contribution is 6.31. The molecule has 1 aromatic rings. The summed E-state index contributed by atoms with van der Waals surface area (Å²) in [6, 6.07) is 5.13. The van der Waals surface area contributed by atoms with E-state index < -0.39 is 0 Å². The van der Waals surface area contributed by atoms with E-state index in [1.165, 1.54) is 0 Å². The first-order valence-electron chi connectivity index (χ1n) is 6.49. The van der Waals surface area contributed by atoms with E-state index in [1.54, 1.807) is 18.2 Å². The summed E-state index contributed by atoms with van der Waals surface area (Å²) in [6.45, 7) is 5.86. The Labute approximate surface area is 124 Å². The van der Waals surface area contributed by atoms with Crippen molar-refractivity contribution in [1.82, 2.24) is 10.6 Å². The Bertz CT molecular complexity index is 489. The number of anilines is 1. The molecular weight excluding hydrogens is 278 g/mol. The van der Waals surface area contributed by atoms with Crippen molar-refractivity contribution in [2.75, 3.05) is 11.9 Å². The molecule has 5 nitrogen and oxygen atoms in total. The molecule has 20 heavy (non-hydrogen) atoms. The van der Waals surface area contributed by atoms with Crippen LogP contribution in [0.1, 0.15) is 25.8 Å². The van der Waals surface area contributed by atoms with Gasteiger partial charge in [-0.2, -0.15) is 0 Å². The number of benzene rings is 1. The number of halogens is 1. The van der Waals surface area contributed by atoms with Gasteiger partial charge in [0.05, 0.1) is 0 Å². The molecule has 0 radical (unpaired) electrons. The molecule has 0 aliphatic heterocycles. The Kier molecular flexibility index (Phi) is 6.31. The summed E-state index contributed by atoms with van der Waals surface area (Å²) in [5, 5.41) is 8.68. The minimum atomic E-state index is -0.272. The molecule has 0 fully saturated rings. The van der Waals surface area contributed by atoms with E-state index in [2.05, 4.69) is 16.0 Å². The van der Waals surface area contributed by atoms with E-state index in [1.807, 2.05) is 20.8 Å². The zero-order valence-electron chi connectivity index (χ0n) is 11.9. The van der Waals surface area contributed by atoms with Gasteiger partial charge >= 0.3 is 6.03 Å². The van der Waals surface area contributed by atoms with E-state index in [4.69, 9.17) is 11.6 Å². The zero-order chi connectivity index (χ0) is 15.1. The van der Waals surface area contributed by atoms with Crippen LogP contribution in [0.25, 0.3) is 0 Å². The fourth-order valence-corrected chi connectivity index (χ4v) is 1.73. The molecule has 0 saturated carbocycles. The van der Waals surface area contributed by atoms with Gasteiger partial charge in [-0.05, 0) is 38.5 Å². The van der Waals surface area contributed by atoms with Crippen LogP contribution in [-0.2, 0) is 4.79 Å². The maximum absolute atomic E-state index is 11.8. The van der Waals surface area contributed by atoms with Gasteiger partial charge in [-0.15, -0.1) is 0 Å². The number of amides is 3. The number of hydrogen-bond donors (Lipinski definition) is 3. The fraction of sp³-hybridized carbons (Fsp3) is 0.429. The summed E-state index contributed by atoms with van der Waals surface area (Å²) in [5.74, 6) is -0.166. The van der Waals surface area contributed by atoms with Gasteiger partial charge in [0, 0.05) is 29.7 Å². The summed E-state index contributed by atoms with van der Waals surface area (Å²) in [6.07, 6.45) is 0.206.